The monoisotopic (exact) mass is 216 g/mol. The summed E-state index contributed by atoms with van der Waals surface area (Å²) in [4.78, 5) is 12.0. The molecule has 14 heavy (non-hydrogen) atoms. The minimum atomic E-state index is -0.405. The third-order valence-corrected chi connectivity index (χ3v) is 2.19. The summed E-state index contributed by atoms with van der Waals surface area (Å²) in [6, 6.07) is -0.211. The quantitative estimate of drug-likeness (QED) is 0.702. The highest BCUT2D eigenvalue weighted by Crippen LogP contribution is 2.14. The van der Waals surface area contributed by atoms with E-state index >= 15 is 0 Å². The maximum absolute atomic E-state index is 11.7. The van der Waals surface area contributed by atoms with E-state index in [-0.39, 0.29) is 17.9 Å². The second-order valence-electron chi connectivity index (χ2n) is 4.85. The Balaban J connectivity index is 4.48. The van der Waals surface area contributed by atoms with E-state index in [4.69, 9.17) is 18.0 Å². The van der Waals surface area contributed by atoms with Gasteiger partial charge in [0.2, 0.25) is 5.91 Å². The van der Waals surface area contributed by atoms with Gasteiger partial charge >= 0.3 is 0 Å². The number of nitrogens with one attached hydrogen (secondary N) is 1. The van der Waals surface area contributed by atoms with Crippen LogP contribution in [0.1, 0.15) is 34.6 Å². The number of rotatable bonds is 3. The summed E-state index contributed by atoms with van der Waals surface area (Å²) >= 11 is 4.90. The molecule has 0 fully saturated rings. The summed E-state index contributed by atoms with van der Waals surface area (Å²) in [6.07, 6.45) is 0. The van der Waals surface area contributed by atoms with E-state index in [0.717, 1.165) is 0 Å². The van der Waals surface area contributed by atoms with Gasteiger partial charge in [-0.25, -0.2) is 0 Å². The first-order valence-electron chi connectivity index (χ1n) is 4.76. The van der Waals surface area contributed by atoms with Gasteiger partial charge in [-0.05, 0) is 5.92 Å². The van der Waals surface area contributed by atoms with E-state index in [9.17, 15) is 4.79 Å². The minimum Gasteiger partial charge on any atom is -0.392 e. The van der Waals surface area contributed by atoms with Crippen LogP contribution in [0.15, 0.2) is 0 Å². The Morgan fingerprint density at radius 1 is 1.36 bits per heavy atom. The van der Waals surface area contributed by atoms with Crippen molar-refractivity contribution >= 4 is 23.1 Å². The molecule has 1 unspecified atom stereocenters. The van der Waals surface area contributed by atoms with Crippen molar-refractivity contribution in [3.05, 3.63) is 0 Å². The Labute approximate surface area is 91.4 Å². The van der Waals surface area contributed by atoms with Crippen LogP contribution in [0.4, 0.5) is 0 Å². The summed E-state index contributed by atoms with van der Waals surface area (Å²) in [5.74, 6) is 0.197. The maximum atomic E-state index is 11.7. The van der Waals surface area contributed by atoms with Crippen LogP contribution in [0, 0.1) is 11.3 Å². The second kappa shape index (κ2) is 4.73. The molecule has 82 valence electrons. The fraction of sp³-hybridized carbons (Fsp3) is 0.800. The zero-order valence-electron chi connectivity index (χ0n) is 9.55. The molecule has 0 aliphatic carbocycles. The van der Waals surface area contributed by atoms with E-state index in [0.29, 0.717) is 4.99 Å². The van der Waals surface area contributed by atoms with Crippen molar-refractivity contribution in [2.75, 3.05) is 0 Å². The van der Waals surface area contributed by atoms with Crippen LogP contribution in [0.3, 0.4) is 0 Å². The van der Waals surface area contributed by atoms with Gasteiger partial charge in [0.1, 0.15) is 0 Å². The first kappa shape index (κ1) is 13.4. The molecule has 4 heteroatoms. The molecule has 0 aromatic rings. The summed E-state index contributed by atoms with van der Waals surface area (Å²) in [6.45, 7) is 9.54. The smallest absolute Gasteiger partial charge is 0.225 e. The lowest BCUT2D eigenvalue weighted by atomic mass is 9.94. The number of hydrogen-bond acceptors (Lipinski definition) is 2. The van der Waals surface area contributed by atoms with Crippen LogP contribution in [0.2, 0.25) is 0 Å². The molecule has 1 amide bonds. The highest BCUT2D eigenvalue weighted by Gasteiger charge is 2.26. The second-order valence-corrected chi connectivity index (χ2v) is 5.32. The van der Waals surface area contributed by atoms with Crippen LogP contribution < -0.4 is 11.1 Å². The highest BCUT2D eigenvalue weighted by atomic mass is 32.1. The molecule has 0 bridgehead atoms. The van der Waals surface area contributed by atoms with E-state index in [2.05, 4.69) is 5.32 Å². The lowest BCUT2D eigenvalue weighted by molar-refractivity contribution is -0.129. The number of carbonyl (C=O) groups is 1. The summed E-state index contributed by atoms with van der Waals surface area (Å²) in [7, 11) is 0. The summed E-state index contributed by atoms with van der Waals surface area (Å²) in [5, 5.41) is 2.85. The molecule has 0 spiro atoms. The predicted molar refractivity (Wildman–Crippen MR) is 63.0 cm³/mol. The Bertz CT molecular complexity index is 231. The van der Waals surface area contributed by atoms with Gasteiger partial charge in [0.25, 0.3) is 0 Å². The molecule has 3 N–H and O–H groups in total. The van der Waals surface area contributed by atoms with Gasteiger partial charge in [-0.15, -0.1) is 0 Å². The normalized spacial score (nSPS) is 13.9. The van der Waals surface area contributed by atoms with E-state index in [1.165, 1.54) is 0 Å². The fourth-order valence-corrected chi connectivity index (χ4v) is 1.26. The Morgan fingerprint density at radius 3 is 2.00 bits per heavy atom. The minimum absolute atomic E-state index is 0.0241. The Kier molecular flexibility index (Phi) is 4.52. The van der Waals surface area contributed by atoms with Crippen LogP contribution in [0.5, 0.6) is 0 Å². The first-order chi connectivity index (χ1) is 6.16. The fourth-order valence-electron chi connectivity index (χ4n) is 0.924. The van der Waals surface area contributed by atoms with E-state index in [1.807, 2.05) is 34.6 Å². The Morgan fingerprint density at radius 2 is 1.79 bits per heavy atom. The van der Waals surface area contributed by atoms with Crippen molar-refractivity contribution in [2.45, 2.75) is 40.7 Å². The van der Waals surface area contributed by atoms with Gasteiger partial charge in [0, 0.05) is 5.41 Å². The summed E-state index contributed by atoms with van der Waals surface area (Å²) < 4.78 is 0. The van der Waals surface area contributed by atoms with Crippen molar-refractivity contribution in [1.82, 2.24) is 5.32 Å². The molecule has 0 heterocycles. The van der Waals surface area contributed by atoms with Crippen molar-refractivity contribution in [3.63, 3.8) is 0 Å². The lowest BCUT2D eigenvalue weighted by Crippen LogP contribution is -2.50. The number of nitrogens with two attached hydrogens (primary N) is 1. The van der Waals surface area contributed by atoms with Gasteiger partial charge in [-0.1, -0.05) is 46.8 Å². The molecular weight excluding hydrogens is 196 g/mol. The first-order valence-corrected chi connectivity index (χ1v) is 5.17. The molecule has 0 aliphatic heterocycles. The lowest BCUT2D eigenvalue weighted by Gasteiger charge is -2.25. The van der Waals surface area contributed by atoms with Gasteiger partial charge in [-0.3, -0.25) is 4.79 Å². The number of hydrogen-bond donors (Lipinski definition) is 2. The number of thiocarbonyl (C=S) groups is 1. The molecule has 3 nitrogen and oxygen atoms in total. The standard InChI is InChI=1S/C10H20N2OS/c1-6(2)7(8(11)14)12-9(13)10(3,4)5/h6-7H,1-5H3,(H2,11,14)(H,12,13). The van der Waals surface area contributed by atoms with Crippen molar-refractivity contribution in [3.8, 4) is 0 Å². The third kappa shape index (κ3) is 4.05. The maximum Gasteiger partial charge on any atom is 0.225 e. The van der Waals surface area contributed by atoms with Gasteiger partial charge < -0.3 is 11.1 Å². The molecule has 0 aliphatic rings. The van der Waals surface area contributed by atoms with Crippen molar-refractivity contribution < 1.29 is 4.79 Å². The summed E-state index contributed by atoms with van der Waals surface area (Å²) in [5.41, 5.74) is 5.14. The number of amides is 1. The van der Waals surface area contributed by atoms with E-state index < -0.39 is 5.41 Å². The van der Waals surface area contributed by atoms with Crippen molar-refractivity contribution in [2.24, 2.45) is 17.1 Å². The zero-order valence-corrected chi connectivity index (χ0v) is 10.4. The molecular formula is C10H20N2OS. The molecule has 1 atom stereocenters. The van der Waals surface area contributed by atoms with Crippen LogP contribution in [0.25, 0.3) is 0 Å². The van der Waals surface area contributed by atoms with E-state index in [1.54, 1.807) is 0 Å². The third-order valence-electron chi connectivity index (χ3n) is 1.94. The van der Waals surface area contributed by atoms with Crippen LogP contribution >= 0.6 is 12.2 Å². The Hall–Kier alpha value is -0.640. The average Bonchev–Trinajstić information content (AvgIpc) is 1.96. The molecule has 0 aromatic carbocycles. The van der Waals surface area contributed by atoms with Gasteiger partial charge in [0.05, 0.1) is 11.0 Å². The molecule has 0 rings (SSSR count). The molecule has 0 saturated carbocycles. The SMILES string of the molecule is CC(C)C(NC(=O)C(C)(C)C)C(N)=S. The van der Waals surface area contributed by atoms with Gasteiger partial charge in [-0.2, -0.15) is 0 Å². The molecule has 0 saturated heterocycles. The predicted octanol–water partition coefficient (Wildman–Crippen LogP) is 1.46. The largest absolute Gasteiger partial charge is 0.392 e. The highest BCUT2D eigenvalue weighted by molar-refractivity contribution is 7.80. The van der Waals surface area contributed by atoms with Crippen LogP contribution in [-0.4, -0.2) is 16.9 Å². The molecule has 0 aromatic heterocycles. The molecule has 0 radical (unpaired) electrons. The topological polar surface area (TPSA) is 55.1 Å². The average molecular weight is 216 g/mol. The van der Waals surface area contributed by atoms with Crippen molar-refractivity contribution in [1.29, 1.82) is 0 Å². The number of carbonyl (C=O) groups excluding carboxylic acids is 1. The van der Waals surface area contributed by atoms with Crippen LogP contribution in [-0.2, 0) is 4.79 Å². The van der Waals surface area contributed by atoms with Gasteiger partial charge in [0.15, 0.2) is 0 Å². The zero-order chi connectivity index (χ0) is 11.5.